The van der Waals surface area contributed by atoms with E-state index in [1.54, 1.807) is 7.11 Å². The first-order valence-electron chi connectivity index (χ1n) is 8.60. The fourth-order valence-corrected chi connectivity index (χ4v) is 2.76. The first-order chi connectivity index (χ1) is 12.0. The van der Waals surface area contributed by atoms with Gasteiger partial charge in [-0.15, -0.1) is 0 Å². The Labute approximate surface area is 148 Å². The Balaban J connectivity index is 1.75. The number of methoxy groups -OCH3 is 1. The molecule has 0 spiro atoms. The Bertz CT molecular complexity index is 580. The zero-order valence-electron chi connectivity index (χ0n) is 15.2. The number of hydrogen-bond acceptors (Lipinski definition) is 6. The van der Waals surface area contributed by atoms with Crippen LogP contribution in [0.1, 0.15) is 24.2 Å². The Morgan fingerprint density at radius 3 is 2.36 bits per heavy atom. The summed E-state index contributed by atoms with van der Waals surface area (Å²) < 4.78 is 4.87. The number of nitrogens with zero attached hydrogens (tertiary/aromatic N) is 4. The second kappa shape index (κ2) is 9.31. The molecule has 8 heteroatoms. The van der Waals surface area contributed by atoms with Crippen LogP contribution in [0.5, 0.6) is 0 Å². The van der Waals surface area contributed by atoms with Crippen molar-refractivity contribution in [2.45, 2.75) is 26.7 Å². The minimum Gasteiger partial charge on any atom is -0.383 e. The van der Waals surface area contributed by atoms with Crippen LogP contribution in [0.25, 0.3) is 0 Å². The van der Waals surface area contributed by atoms with Gasteiger partial charge in [-0.05, 0) is 19.9 Å². The van der Waals surface area contributed by atoms with E-state index >= 15 is 0 Å². The topological polar surface area (TPSA) is 87.7 Å². The van der Waals surface area contributed by atoms with Crippen LogP contribution in [0.2, 0.25) is 0 Å². The molecule has 0 aliphatic carbocycles. The fourth-order valence-electron chi connectivity index (χ4n) is 2.76. The molecule has 1 aromatic rings. The Morgan fingerprint density at radius 2 is 1.76 bits per heavy atom. The molecule has 2 heterocycles. The second-order valence-electron chi connectivity index (χ2n) is 6.16. The normalized spacial score (nSPS) is 14.5. The molecular formula is C17H27N5O3. The summed E-state index contributed by atoms with van der Waals surface area (Å²) in [7, 11) is 1.58. The summed E-state index contributed by atoms with van der Waals surface area (Å²) in [5.74, 6) is 0.623. The van der Waals surface area contributed by atoms with Gasteiger partial charge >= 0.3 is 0 Å². The van der Waals surface area contributed by atoms with Crippen molar-refractivity contribution in [2.24, 2.45) is 0 Å². The molecule has 0 bridgehead atoms. The lowest BCUT2D eigenvalue weighted by Gasteiger charge is -2.35. The predicted octanol–water partition coefficient (Wildman–Crippen LogP) is 0.285. The van der Waals surface area contributed by atoms with E-state index in [-0.39, 0.29) is 24.7 Å². The molecule has 0 unspecified atom stereocenters. The molecule has 2 rings (SSSR count). The molecule has 1 aliphatic heterocycles. The molecule has 0 saturated carbocycles. The number of piperazine rings is 1. The Hall–Kier alpha value is -2.22. The average molecular weight is 349 g/mol. The van der Waals surface area contributed by atoms with Crippen molar-refractivity contribution >= 4 is 17.8 Å². The van der Waals surface area contributed by atoms with Crippen molar-refractivity contribution in [2.75, 3.05) is 51.3 Å². The summed E-state index contributed by atoms with van der Waals surface area (Å²) in [6.45, 7) is 7.51. The quantitative estimate of drug-likeness (QED) is 0.712. The van der Waals surface area contributed by atoms with Crippen molar-refractivity contribution in [3.05, 3.63) is 17.5 Å². The van der Waals surface area contributed by atoms with E-state index in [4.69, 9.17) is 4.74 Å². The van der Waals surface area contributed by atoms with Crippen molar-refractivity contribution in [3.8, 4) is 0 Å². The molecule has 138 valence electrons. The van der Waals surface area contributed by atoms with E-state index in [1.807, 2.05) is 24.8 Å². The summed E-state index contributed by atoms with van der Waals surface area (Å²) in [5.41, 5.74) is 1.89. The van der Waals surface area contributed by atoms with Crippen molar-refractivity contribution < 1.29 is 14.3 Å². The minimum atomic E-state index is -0.118. The molecule has 0 aromatic carbocycles. The third kappa shape index (κ3) is 5.97. The number of aryl methyl sites for hydroxylation is 2. The third-order valence-electron chi connectivity index (χ3n) is 4.08. The molecule has 1 N–H and O–H groups in total. The van der Waals surface area contributed by atoms with Gasteiger partial charge in [-0.3, -0.25) is 9.59 Å². The number of amides is 2. The summed E-state index contributed by atoms with van der Waals surface area (Å²) in [4.78, 5) is 36.7. The third-order valence-corrected chi connectivity index (χ3v) is 4.08. The van der Waals surface area contributed by atoms with Gasteiger partial charge in [0.25, 0.3) is 0 Å². The number of anilines is 1. The van der Waals surface area contributed by atoms with Gasteiger partial charge in [0.1, 0.15) is 0 Å². The van der Waals surface area contributed by atoms with Gasteiger partial charge in [0.05, 0.1) is 6.61 Å². The first-order valence-corrected chi connectivity index (χ1v) is 8.60. The maximum absolute atomic E-state index is 12.3. The van der Waals surface area contributed by atoms with Gasteiger partial charge in [0.15, 0.2) is 0 Å². The van der Waals surface area contributed by atoms with E-state index in [0.29, 0.717) is 39.3 Å². The van der Waals surface area contributed by atoms with Gasteiger partial charge in [0.2, 0.25) is 17.8 Å². The highest BCUT2D eigenvalue weighted by Gasteiger charge is 2.23. The standard InChI is InChI=1S/C17H27N5O3/c1-13-12-14(2)20-17(19-13)22-9-7-21(8-10-22)16(24)5-4-15(23)18-6-11-25-3/h12H,4-11H2,1-3H3,(H,18,23). The lowest BCUT2D eigenvalue weighted by molar-refractivity contribution is -0.133. The number of rotatable bonds is 7. The molecule has 1 aromatic heterocycles. The summed E-state index contributed by atoms with van der Waals surface area (Å²) >= 11 is 0. The number of ether oxygens (including phenoxy) is 1. The maximum atomic E-state index is 12.3. The summed E-state index contributed by atoms with van der Waals surface area (Å²) in [6, 6.07) is 1.95. The highest BCUT2D eigenvalue weighted by molar-refractivity contribution is 5.83. The number of aromatic nitrogens is 2. The second-order valence-corrected chi connectivity index (χ2v) is 6.16. The van der Waals surface area contributed by atoms with E-state index < -0.39 is 0 Å². The van der Waals surface area contributed by atoms with Crippen LogP contribution >= 0.6 is 0 Å². The van der Waals surface area contributed by atoms with Crippen LogP contribution in [0.4, 0.5) is 5.95 Å². The molecular weight excluding hydrogens is 322 g/mol. The van der Waals surface area contributed by atoms with Gasteiger partial charge in [-0.25, -0.2) is 9.97 Å². The van der Waals surface area contributed by atoms with E-state index in [9.17, 15) is 9.59 Å². The molecule has 8 nitrogen and oxygen atoms in total. The zero-order valence-corrected chi connectivity index (χ0v) is 15.2. The summed E-state index contributed by atoms with van der Waals surface area (Å²) in [5, 5.41) is 2.72. The highest BCUT2D eigenvalue weighted by Crippen LogP contribution is 2.13. The van der Waals surface area contributed by atoms with Crippen LogP contribution in [0.15, 0.2) is 6.07 Å². The van der Waals surface area contributed by atoms with Crippen molar-refractivity contribution in [1.29, 1.82) is 0 Å². The molecule has 2 amide bonds. The molecule has 0 radical (unpaired) electrons. The van der Waals surface area contributed by atoms with Crippen molar-refractivity contribution in [1.82, 2.24) is 20.2 Å². The van der Waals surface area contributed by atoms with Gasteiger partial charge in [0, 0.05) is 64.1 Å². The largest absolute Gasteiger partial charge is 0.383 e. The van der Waals surface area contributed by atoms with Gasteiger partial charge in [-0.2, -0.15) is 0 Å². The predicted molar refractivity (Wildman–Crippen MR) is 94.4 cm³/mol. The number of carbonyl (C=O) groups excluding carboxylic acids is 2. The number of carbonyl (C=O) groups is 2. The number of nitrogens with one attached hydrogen (secondary N) is 1. The van der Waals surface area contributed by atoms with Crippen molar-refractivity contribution in [3.63, 3.8) is 0 Å². The van der Waals surface area contributed by atoms with Crippen LogP contribution in [0.3, 0.4) is 0 Å². The first kappa shape index (κ1) is 19.1. The maximum Gasteiger partial charge on any atom is 0.225 e. The monoisotopic (exact) mass is 349 g/mol. The van der Waals surface area contributed by atoms with Crippen LogP contribution in [0, 0.1) is 13.8 Å². The lowest BCUT2D eigenvalue weighted by atomic mass is 10.2. The minimum absolute atomic E-state index is 0.0166. The van der Waals surface area contributed by atoms with E-state index in [2.05, 4.69) is 20.2 Å². The molecule has 1 aliphatic rings. The SMILES string of the molecule is COCCNC(=O)CCC(=O)N1CCN(c2nc(C)cc(C)n2)CC1. The smallest absolute Gasteiger partial charge is 0.225 e. The van der Waals surface area contributed by atoms with Crippen LogP contribution in [-0.2, 0) is 14.3 Å². The number of hydrogen-bond donors (Lipinski definition) is 1. The zero-order chi connectivity index (χ0) is 18.2. The Morgan fingerprint density at radius 1 is 1.12 bits per heavy atom. The Kier molecular flexibility index (Phi) is 7.12. The lowest BCUT2D eigenvalue weighted by Crippen LogP contribution is -2.49. The van der Waals surface area contributed by atoms with E-state index in [1.165, 1.54) is 0 Å². The molecule has 1 fully saturated rings. The van der Waals surface area contributed by atoms with Crippen LogP contribution < -0.4 is 10.2 Å². The summed E-state index contributed by atoms with van der Waals surface area (Å²) in [6.07, 6.45) is 0.446. The average Bonchev–Trinajstić information content (AvgIpc) is 2.59. The van der Waals surface area contributed by atoms with Gasteiger partial charge in [-0.1, -0.05) is 0 Å². The van der Waals surface area contributed by atoms with Gasteiger partial charge < -0.3 is 19.9 Å². The molecule has 0 atom stereocenters. The fraction of sp³-hybridized carbons (Fsp3) is 0.647. The highest BCUT2D eigenvalue weighted by atomic mass is 16.5. The van der Waals surface area contributed by atoms with Crippen LogP contribution in [-0.4, -0.2) is 73.1 Å². The van der Waals surface area contributed by atoms with E-state index in [0.717, 1.165) is 17.3 Å². The molecule has 1 saturated heterocycles. The molecule has 25 heavy (non-hydrogen) atoms.